The molecular weight excluding hydrogens is 394 g/mol. The number of hydrogen-bond donors (Lipinski definition) is 0. The summed E-state index contributed by atoms with van der Waals surface area (Å²) in [6.07, 6.45) is 0. The highest BCUT2D eigenvalue weighted by Crippen LogP contribution is 2.42. The fraction of sp³-hybridized carbons (Fsp3) is 0.0690. The molecule has 4 aromatic carbocycles. The predicted octanol–water partition coefficient (Wildman–Crippen LogP) is 7.25. The van der Waals surface area contributed by atoms with Gasteiger partial charge in [0, 0.05) is 22.1 Å². The summed E-state index contributed by atoms with van der Waals surface area (Å²) in [6, 6.07) is 35.0. The lowest BCUT2D eigenvalue weighted by Crippen LogP contribution is -1.97. The van der Waals surface area contributed by atoms with Crippen LogP contribution in [0.4, 0.5) is 0 Å². The molecule has 1 heterocycles. The Morgan fingerprint density at radius 2 is 1.06 bits per heavy atom. The van der Waals surface area contributed by atoms with Crippen LogP contribution in [0.5, 0.6) is 11.5 Å². The van der Waals surface area contributed by atoms with Gasteiger partial charge in [-0.3, -0.25) is 0 Å². The Kier molecular flexibility index (Phi) is 5.30. The SMILES string of the molecule is COc1cccc(-c2nc(-c3ccccc3)c3ccccc3c2-c2cccc(OC)c2)c1. The number of hydrogen-bond acceptors (Lipinski definition) is 3. The zero-order chi connectivity index (χ0) is 21.9. The smallest absolute Gasteiger partial charge is 0.119 e. The van der Waals surface area contributed by atoms with Crippen LogP contribution in [-0.2, 0) is 0 Å². The van der Waals surface area contributed by atoms with E-state index in [1.54, 1.807) is 14.2 Å². The van der Waals surface area contributed by atoms with Crippen LogP contribution in [-0.4, -0.2) is 19.2 Å². The third-order valence-corrected chi connectivity index (χ3v) is 5.66. The Hall–Kier alpha value is -4.11. The van der Waals surface area contributed by atoms with Gasteiger partial charge in [-0.25, -0.2) is 4.98 Å². The average Bonchev–Trinajstić information content (AvgIpc) is 2.88. The summed E-state index contributed by atoms with van der Waals surface area (Å²) >= 11 is 0. The van der Waals surface area contributed by atoms with Gasteiger partial charge in [0.05, 0.1) is 25.6 Å². The molecule has 0 aliphatic heterocycles. The van der Waals surface area contributed by atoms with E-state index in [0.29, 0.717) is 0 Å². The fourth-order valence-electron chi connectivity index (χ4n) is 4.13. The Balaban J connectivity index is 1.90. The number of rotatable bonds is 5. The van der Waals surface area contributed by atoms with Gasteiger partial charge < -0.3 is 9.47 Å². The zero-order valence-electron chi connectivity index (χ0n) is 18.1. The third kappa shape index (κ3) is 3.58. The molecule has 0 atom stereocenters. The summed E-state index contributed by atoms with van der Waals surface area (Å²) in [6.45, 7) is 0. The fourth-order valence-corrected chi connectivity index (χ4v) is 4.13. The number of methoxy groups -OCH3 is 2. The molecule has 0 spiro atoms. The highest BCUT2D eigenvalue weighted by atomic mass is 16.5. The molecule has 0 fully saturated rings. The van der Waals surface area contributed by atoms with Crippen LogP contribution in [0.3, 0.4) is 0 Å². The maximum atomic E-state index is 5.52. The molecule has 0 N–H and O–H groups in total. The maximum absolute atomic E-state index is 5.52. The van der Waals surface area contributed by atoms with E-state index in [4.69, 9.17) is 14.5 Å². The van der Waals surface area contributed by atoms with Crippen molar-refractivity contribution >= 4 is 10.8 Å². The van der Waals surface area contributed by atoms with Crippen LogP contribution in [0.25, 0.3) is 44.4 Å². The number of benzene rings is 4. The molecule has 3 nitrogen and oxygen atoms in total. The largest absolute Gasteiger partial charge is 0.497 e. The number of aromatic nitrogens is 1. The lowest BCUT2D eigenvalue weighted by molar-refractivity contribution is 0.415. The molecule has 0 aliphatic carbocycles. The minimum Gasteiger partial charge on any atom is -0.497 e. The van der Waals surface area contributed by atoms with E-state index < -0.39 is 0 Å². The van der Waals surface area contributed by atoms with Crippen molar-refractivity contribution in [3.63, 3.8) is 0 Å². The molecular formula is C29H23NO2. The van der Waals surface area contributed by atoms with Crippen molar-refractivity contribution in [2.24, 2.45) is 0 Å². The molecule has 5 rings (SSSR count). The molecule has 0 aliphatic rings. The second kappa shape index (κ2) is 8.56. The molecule has 0 unspecified atom stereocenters. The second-order valence-electron chi connectivity index (χ2n) is 7.56. The molecule has 156 valence electrons. The Morgan fingerprint density at radius 3 is 1.75 bits per heavy atom. The second-order valence-corrected chi connectivity index (χ2v) is 7.56. The first-order valence-electron chi connectivity index (χ1n) is 10.6. The van der Waals surface area contributed by atoms with Crippen LogP contribution in [0.1, 0.15) is 0 Å². The third-order valence-electron chi connectivity index (χ3n) is 5.66. The molecule has 0 amide bonds. The molecule has 0 saturated carbocycles. The van der Waals surface area contributed by atoms with Crippen molar-refractivity contribution in [3.05, 3.63) is 103 Å². The average molecular weight is 418 g/mol. The highest BCUT2D eigenvalue weighted by molar-refractivity contribution is 6.08. The van der Waals surface area contributed by atoms with E-state index in [1.165, 1.54) is 0 Å². The molecule has 1 aromatic heterocycles. The normalized spacial score (nSPS) is 10.8. The van der Waals surface area contributed by atoms with Crippen LogP contribution < -0.4 is 9.47 Å². The molecule has 3 heteroatoms. The van der Waals surface area contributed by atoms with Crippen molar-refractivity contribution in [1.29, 1.82) is 0 Å². The predicted molar refractivity (Wildman–Crippen MR) is 131 cm³/mol. The highest BCUT2D eigenvalue weighted by Gasteiger charge is 2.18. The van der Waals surface area contributed by atoms with Crippen molar-refractivity contribution in [2.45, 2.75) is 0 Å². The summed E-state index contributed by atoms with van der Waals surface area (Å²) in [5, 5.41) is 2.26. The van der Waals surface area contributed by atoms with Crippen LogP contribution in [0.15, 0.2) is 103 Å². The van der Waals surface area contributed by atoms with E-state index in [1.807, 2.05) is 48.5 Å². The van der Waals surface area contributed by atoms with Crippen LogP contribution in [0.2, 0.25) is 0 Å². The molecule has 0 radical (unpaired) electrons. The zero-order valence-corrected chi connectivity index (χ0v) is 18.1. The summed E-state index contributed by atoms with van der Waals surface area (Å²) in [4.78, 5) is 5.25. The van der Waals surface area contributed by atoms with E-state index >= 15 is 0 Å². The van der Waals surface area contributed by atoms with Gasteiger partial charge >= 0.3 is 0 Å². The summed E-state index contributed by atoms with van der Waals surface area (Å²) < 4.78 is 11.0. The van der Waals surface area contributed by atoms with Crippen molar-refractivity contribution in [3.8, 4) is 45.1 Å². The van der Waals surface area contributed by atoms with E-state index in [-0.39, 0.29) is 0 Å². The molecule has 32 heavy (non-hydrogen) atoms. The number of pyridine rings is 1. The summed E-state index contributed by atoms with van der Waals surface area (Å²) in [5.41, 5.74) is 6.11. The maximum Gasteiger partial charge on any atom is 0.119 e. The quantitative estimate of drug-likeness (QED) is 0.302. The Morgan fingerprint density at radius 1 is 0.500 bits per heavy atom. The first-order chi connectivity index (χ1) is 15.8. The number of ether oxygens (including phenoxy) is 2. The standard InChI is InChI=1S/C29H23NO2/c1-31-23-14-8-12-21(18-23)27-25-16-6-7-17-26(25)28(20-10-4-3-5-11-20)30-29(27)22-13-9-15-24(19-22)32-2/h3-19H,1-2H3. The minimum atomic E-state index is 0.801. The van der Waals surface area contributed by atoms with Gasteiger partial charge in [-0.05, 0) is 35.2 Å². The van der Waals surface area contributed by atoms with Gasteiger partial charge in [-0.2, -0.15) is 0 Å². The molecule has 0 saturated heterocycles. The number of fused-ring (bicyclic) bond motifs is 1. The first kappa shape index (κ1) is 19.8. The van der Waals surface area contributed by atoms with Gasteiger partial charge in [-0.1, -0.05) is 78.9 Å². The van der Waals surface area contributed by atoms with Gasteiger partial charge in [0.25, 0.3) is 0 Å². The van der Waals surface area contributed by atoms with Gasteiger partial charge in [-0.15, -0.1) is 0 Å². The van der Waals surface area contributed by atoms with Crippen molar-refractivity contribution in [2.75, 3.05) is 14.2 Å². The molecule has 5 aromatic rings. The molecule has 0 bridgehead atoms. The van der Waals surface area contributed by atoms with Crippen LogP contribution >= 0.6 is 0 Å². The van der Waals surface area contributed by atoms with Gasteiger partial charge in [0.15, 0.2) is 0 Å². The van der Waals surface area contributed by atoms with Gasteiger partial charge in [0.1, 0.15) is 11.5 Å². The number of nitrogens with zero attached hydrogens (tertiary/aromatic N) is 1. The minimum absolute atomic E-state index is 0.801. The van der Waals surface area contributed by atoms with E-state index in [9.17, 15) is 0 Å². The Labute approximate surface area is 187 Å². The van der Waals surface area contributed by atoms with Crippen LogP contribution in [0, 0.1) is 0 Å². The lowest BCUT2D eigenvalue weighted by atomic mass is 9.91. The first-order valence-corrected chi connectivity index (χ1v) is 10.6. The lowest BCUT2D eigenvalue weighted by Gasteiger charge is -2.17. The van der Waals surface area contributed by atoms with E-state index in [2.05, 4.69) is 54.6 Å². The summed E-state index contributed by atoms with van der Waals surface area (Å²) in [5.74, 6) is 1.62. The topological polar surface area (TPSA) is 31.4 Å². The monoisotopic (exact) mass is 417 g/mol. The Bertz CT molecular complexity index is 1390. The van der Waals surface area contributed by atoms with Gasteiger partial charge in [0.2, 0.25) is 0 Å². The summed E-state index contributed by atoms with van der Waals surface area (Å²) in [7, 11) is 3.38. The van der Waals surface area contributed by atoms with E-state index in [0.717, 1.165) is 55.9 Å². The van der Waals surface area contributed by atoms with Crippen molar-refractivity contribution < 1.29 is 9.47 Å². The van der Waals surface area contributed by atoms with Crippen molar-refractivity contribution in [1.82, 2.24) is 4.98 Å².